The van der Waals surface area contributed by atoms with Gasteiger partial charge in [0.25, 0.3) is 0 Å². The zero-order valence-electron chi connectivity index (χ0n) is 53.8. The van der Waals surface area contributed by atoms with Gasteiger partial charge in [-0.3, -0.25) is 4.79 Å². The Morgan fingerprint density at radius 2 is 0.802 bits per heavy atom. The molecule has 2 aliphatic rings. The molecule has 0 bridgehead atoms. The van der Waals surface area contributed by atoms with Crippen LogP contribution in [0.3, 0.4) is 0 Å². The molecule has 0 aromatic heterocycles. The number of rotatable bonds is 55. The normalized spacial score (nSPS) is 24.0. The molecule has 2 aliphatic heterocycles. The second kappa shape index (κ2) is 55.9. The SMILES string of the molecule is CC/C=C\C/C=C\C/C=C\C/C=C\C/C=C\C/C=C\C/C=C\C/C=C\CCCCCCCCCCC(=O)NC(COC1OC(CO)C(OC2OC(CO)C(O)C(O)C2O)C(O)C1O)C(O)CCCCCCCCCCCCCCCCCCCCC. The summed E-state index contributed by atoms with van der Waals surface area (Å²) < 4.78 is 22.9. The number of hydrogen-bond donors (Lipinski definition) is 9. The van der Waals surface area contributed by atoms with Crippen molar-refractivity contribution in [3.05, 3.63) is 97.2 Å². The first-order chi connectivity index (χ1) is 42.1. The number of amides is 1. The molecule has 0 spiro atoms. The van der Waals surface area contributed by atoms with Crippen molar-refractivity contribution in [1.29, 1.82) is 0 Å². The minimum Gasteiger partial charge on any atom is -0.394 e. The van der Waals surface area contributed by atoms with Crippen molar-refractivity contribution in [3.63, 3.8) is 0 Å². The summed E-state index contributed by atoms with van der Waals surface area (Å²) in [6.45, 7) is 2.76. The van der Waals surface area contributed by atoms with E-state index < -0.39 is 86.8 Å². The summed E-state index contributed by atoms with van der Waals surface area (Å²) in [5, 5.41) is 87.6. The molecule has 2 fully saturated rings. The molecule has 2 heterocycles. The number of aliphatic hydroxyl groups excluding tert-OH is 8. The lowest BCUT2D eigenvalue weighted by Crippen LogP contribution is -2.65. The van der Waals surface area contributed by atoms with E-state index in [2.05, 4.69) is 116 Å². The molecule has 2 saturated heterocycles. The van der Waals surface area contributed by atoms with Crippen molar-refractivity contribution < 1.29 is 64.6 Å². The second-order valence-electron chi connectivity index (χ2n) is 23.9. The van der Waals surface area contributed by atoms with Crippen molar-refractivity contribution in [2.45, 2.75) is 331 Å². The summed E-state index contributed by atoms with van der Waals surface area (Å²) in [4.78, 5) is 13.3. The molecule has 12 unspecified atom stereocenters. The van der Waals surface area contributed by atoms with Crippen molar-refractivity contribution in [1.82, 2.24) is 5.32 Å². The van der Waals surface area contributed by atoms with E-state index in [0.717, 1.165) is 103 Å². The second-order valence-corrected chi connectivity index (χ2v) is 23.9. The third kappa shape index (κ3) is 39.8. The molecule has 0 aromatic carbocycles. The van der Waals surface area contributed by atoms with Gasteiger partial charge in [-0.05, 0) is 77.0 Å². The smallest absolute Gasteiger partial charge is 0.220 e. The fraction of sp³-hybridized carbons (Fsp3) is 0.764. The van der Waals surface area contributed by atoms with Gasteiger partial charge in [-0.25, -0.2) is 0 Å². The Morgan fingerprint density at radius 3 is 1.23 bits per heavy atom. The molecule has 2 rings (SSSR count). The van der Waals surface area contributed by atoms with Crippen LogP contribution in [0.5, 0.6) is 0 Å². The standard InChI is InChI=1S/C72H125NO13/c1-3-5-7-9-11-13-15-17-19-21-23-24-25-26-27-28-29-30-31-32-33-34-35-36-38-40-42-44-46-48-50-52-54-56-64(77)73-60(61(76)55-53-51-49-47-45-43-41-39-37-22-20-18-16-14-12-10-8-6-4-2)59-83-71-69(82)67(80)70(63(58-75)85-71)86-72-68(81)66(79)65(78)62(57-74)84-72/h5,7,11,13,17,19,23-24,26-27,29-30,32-33,35-36,60-63,65-72,74-76,78-82H,3-4,6,8-10,12,14-16,18,20-22,25,28,31,34,37-59H2,1-2H3,(H,73,77)/b7-5-,13-11-,19-17-,24-23-,27-26-,30-29-,33-32-,36-35-. The summed E-state index contributed by atoms with van der Waals surface area (Å²) in [5.74, 6) is -0.217. The molecule has 0 radical (unpaired) electrons. The number of carbonyl (C=O) groups is 1. The van der Waals surface area contributed by atoms with Crippen LogP contribution < -0.4 is 5.32 Å². The van der Waals surface area contributed by atoms with E-state index in [4.69, 9.17) is 18.9 Å². The summed E-state index contributed by atoms with van der Waals surface area (Å²) in [6.07, 6.45) is 61.2. The largest absolute Gasteiger partial charge is 0.394 e. The van der Waals surface area contributed by atoms with Gasteiger partial charge >= 0.3 is 0 Å². The van der Waals surface area contributed by atoms with Crippen LogP contribution in [-0.4, -0.2) is 140 Å². The third-order valence-corrected chi connectivity index (χ3v) is 16.3. The highest BCUT2D eigenvalue weighted by molar-refractivity contribution is 5.76. The van der Waals surface area contributed by atoms with Crippen molar-refractivity contribution in [2.24, 2.45) is 0 Å². The van der Waals surface area contributed by atoms with E-state index in [-0.39, 0.29) is 18.9 Å². The van der Waals surface area contributed by atoms with Gasteiger partial charge in [0.1, 0.15) is 48.8 Å². The molecule has 0 saturated carbocycles. The number of unbranched alkanes of at least 4 members (excludes halogenated alkanes) is 26. The van der Waals surface area contributed by atoms with Crippen LogP contribution >= 0.6 is 0 Å². The Hall–Kier alpha value is -3.09. The maximum atomic E-state index is 13.3. The average molecular weight is 1210 g/mol. The van der Waals surface area contributed by atoms with Crippen LogP contribution in [0.1, 0.15) is 258 Å². The van der Waals surface area contributed by atoms with E-state index in [1.54, 1.807) is 0 Å². The molecule has 14 heteroatoms. The zero-order valence-corrected chi connectivity index (χ0v) is 53.8. The van der Waals surface area contributed by atoms with Gasteiger partial charge in [0.2, 0.25) is 5.91 Å². The van der Waals surface area contributed by atoms with E-state index >= 15 is 0 Å². The average Bonchev–Trinajstić information content (AvgIpc) is 2.63. The zero-order chi connectivity index (χ0) is 62.3. The monoisotopic (exact) mass is 1210 g/mol. The fourth-order valence-electron chi connectivity index (χ4n) is 10.8. The summed E-state index contributed by atoms with van der Waals surface area (Å²) >= 11 is 0. The van der Waals surface area contributed by atoms with E-state index in [1.807, 2.05) is 0 Å². The molecule has 496 valence electrons. The lowest BCUT2D eigenvalue weighted by Gasteiger charge is -2.46. The number of ether oxygens (including phenoxy) is 4. The van der Waals surface area contributed by atoms with Crippen molar-refractivity contribution in [3.8, 4) is 0 Å². The minimum absolute atomic E-state index is 0.217. The molecule has 12 atom stereocenters. The van der Waals surface area contributed by atoms with Gasteiger partial charge in [-0.1, -0.05) is 272 Å². The van der Waals surface area contributed by atoms with Gasteiger partial charge in [-0.2, -0.15) is 0 Å². The van der Waals surface area contributed by atoms with Crippen LogP contribution in [0.25, 0.3) is 0 Å². The molecule has 86 heavy (non-hydrogen) atoms. The Morgan fingerprint density at radius 1 is 0.430 bits per heavy atom. The number of allylic oxidation sites excluding steroid dienone is 16. The van der Waals surface area contributed by atoms with Gasteiger partial charge < -0.3 is 65.1 Å². The Bertz CT molecular complexity index is 1810. The van der Waals surface area contributed by atoms with Crippen LogP contribution in [0.4, 0.5) is 0 Å². The van der Waals surface area contributed by atoms with Gasteiger partial charge in [0, 0.05) is 6.42 Å². The van der Waals surface area contributed by atoms with Gasteiger partial charge in [0.05, 0.1) is 32.0 Å². The van der Waals surface area contributed by atoms with Crippen LogP contribution in [0, 0.1) is 0 Å². The first-order valence-electron chi connectivity index (χ1n) is 34.5. The molecule has 1 amide bonds. The van der Waals surface area contributed by atoms with Gasteiger partial charge in [-0.15, -0.1) is 0 Å². The van der Waals surface area contributed by atoms with Crippen LogP contribution in [0.15, 0.2) is 97.2 Å². The van der Waals surface area contributed by atoms with E-state index in [9.17, 15) is 45.6 Å². The van der Waals surface area contributed by atoms with E-state index in [0.29, 0.717) is 12.8 Å². The molecule has 0 aliphatic carbocycles. The van der Waals surface area contributed by atoms with Crippen molar-refractivity contribution >= 4 is 5.91 Å². The van der Waals surface area contributed by atoms with Gasteiger partial charge in [0.15, 0.2) is 12.6 Å². The minimum atomic E-state index is -1.79. The highest BCUT2D eigenvalue weighted by atomic mass is 16.7. The Kier molecular flexibility index (Phi) is 51.4. The molecule has 0 aromatic rings. The lowest BCUT2D eigenvalue weighted by atomic mass is 9.97. The first-order valence-corrected chi connectivity index (χ1v) is 34.5. The first kappa shape index (κ1) is 79.0. The highest BCUT2D eigenvalue weighted by Gasteiger charge is 2.51. The summed E-state index contributed by atoms with van der Waals surface area (Å²) in [6, 6.07) is -0.841. The predicted octanol–water partition coefficient (Wildman–Crippen LogP) is 13.8. The lowest BCUT2D eigenvalue weighted by molar-refractivity contribution is -0.359. The number of carbonyl (C=O) groups excluding carboxylic acids is 1. The Balaban J connectivity index is 1.68. The van der Waals surface area contributed by atoms with Crippen molar-refractivity contribution in [2.75, 3.05) is 19.8 Å². The number of hydrogen-bond acceptors (Lipinski definition) is 13. The molecular weight excluding hydrogens is 1090 g/mol. The molecule has 14 nitrogen and oxygen atoms in total. The third-order valence-electron chi connectivity index (χ3n) is 16.3. The summed E-state index contributed by atoms with van der Waals surface area (Å²) in [5.41, 5.74) is 0. The fourth-order valence-corrected chi connectivity index (χ4v) is 10.8. The number of nitrogens with one attached hydrogen (secondary N) is 1. The Labute approximate surface area is 522 Å². The maximum absolute atomic E-state index is 13.3. The van der Waals surface area contributed by atoms with Crippen LogP contribution in [-0.2, 0) is 23.7 Å². The molecular formula is C72H125NO13. The van der Waals surface area contributed by atoms with Crippen LogP contribution in [0.2, 0.25) is 0 Å². The molecule has 9 N–H and O–H groups in total. The van der Waals surface area contributed by atoms with E-state index in [1.165, 1.54) is 122 Å². The topological polar surface area (TPSA) is 228 Å². The predicted molar refractivity (Wildman–Crippen MR) is 350 cm³/mol. The number of aliphatic hydroxyl groups is 8. The highest BCUT2D eigenvalue weighted by Crippen LogP contribution is 2.30. The summed E-state index contributed by atoms with van der Waals surface area (Å²) in [7, 11) is 0. The quantitative estimate of drug-likeness (QED) is 0.0204. The maximum Gasteiger partial charge on any atom is 0.220 e.